The fourth-order valence-electron chi connectivity index (χ4n) is 2.93. The van der Waals surface area contributed by atoms with E-state index < -0.39 is 0 Å². The number of methoxy groups -OCH3 is 2. The molecular formula is C17H23N3O2S. The van der Waals surface area contributed by atoms with Gasteiger partial charge in [0.25, 0.3) is 0 Å². The molecule has 3 rings (SSSR count). The highest BCUT2D eigenvalue weighted by atomic mass is 32.1. The van der Waals surface area contributed by atoms with E-state index in [1.165, 1.54) is 12.0 Å². The summed E-state index contributed by atoms with van der Waals surface area (Å²) in [6.45, 7) is 3.94. The van der Waals surface area contributed by atoms with Gasteiger partial charge in [-0.2, -0.15) is 0 Å². The summed E-state index contributed by atoms with van der Waals surface area (Å²) in [5, 5.41) is 5.70. The van der Waals surface area contributed by atoms with Gasteiger partial charge in [-0.1, -0.05) is 0 Å². The van der Waals surface area contributed by atoms with Gasteiger partial charge < -0.3 is 14.8 Å². The maximum Gasteiger partial charge on any atom is 0.122 e. The van der Waals surface area contributed by atoms with Crippen LogP contribution in [0.25, 0.3) is 0 Å². The minimum absolute atomic E-state index is 0.532. The maximum absolute atomic E-state index is 5.35. The Morgan fingerprint density at radius 1 is 1.26 bits per heavy atom. The van der Waals surface area contributed by atoms with Gasteiger partial charge in [0.2, 0.25) is 0 Å². The molecule has 5 nitrogen and oxygen atoms in total. The van der Waals surface area contributed by atoms with Gasteiger partial charge in [-0.15, -0.1) is 11.3 Å². The van der Waals surface area contributed by atoms with Gasteiger partial charge in [0, 0.05) is 43.7 Å². The number of likely N-dealkylation sites (tertiary alicyclic amines) is 1. The molecule has 0 radical (unpaired) electrons. The third kappa shape index (κ3) is 4.43. The van der Waals surface area contributed by atoms with Crippen molar-refractivity contribution in [2.75, 3.05) is 27.3 Å². The molecule has 0 unspecified atom stereocenters. The summed E-state index contributed by atoms with van der Waals surface area (Å²) in [6, 6.07) is 6.60. The molecule has 1 saturated heterocycles. The predicted octanol–water partition coefficient (Wildman–Crippen LogP) is 2.52. The molecule has 1 aromatic heterocycles. The molecule has 0 spiro atoms. The monoisotopic (exact) mass is 333 g/mol. The van der Waals surface area contributed by atoms with Gasteiger partial charge in [0.1, 0.15) is 11.5 Å². The van der Waals surface area contributed by atoms with E-state index in [1.807, 2.05) is 11.6 Å². The molecule has 0 aliphatic carbocycles. The third-order valence-electron chi connectivity index (χ3n) is 4.15. The van der Waals surface area contributed by atoms with E-state index in [0.717, 1.165) is 43.4 Å². The zero-order valence-electron chi connectivity index (χ0n) is 13.6. The fourth-order valence-corrected chi connectivity index (χ4v) is 3.49. The summed E-state index contributed by atoms with van der Waals surface area (Å²) in [6.07, 6.45) is 1.17. The molecular weight excluding hydrogens is 310 g/mol. The smallest absolute Gasteiger partial charge is 0.122 e. The van der Waals surface area contributed by atoms with Crippen molar-refractivity contribution < 1.29 is 9.47 Å². The molecule has 1 aliphatic rings. The Balaban J connectivity index is 1.53. The van der Waals surface area contributed by atoms with Crippen molar-refractivity contribution >= 4 is 11.3 Å². The van der Waals surface area contributed by atoms with Crippen LogP contribution in [0.3, 0.4) is 0 Å². The summed E-state index contributed by atoms with van der Waals surface area (Å²) >= 11 is 1.65. The average Bonchev–Trinajstić information content (AvgIpc) is 3.24. The lowest BCUT2D eigenvalue weighted by atomic mass is 10.2. The highest BCUT2D eigenvalue weighted by Crippen LogP contribution is 2.24. The second kappa shape index (κ2) is 7.77. The molecule has 1 fully saturated rings. The fraction of sp³-hybridized carbons (Fsp3) is 0.471. The highest BCUT2D eigenvalue weighted by Gasteiger charge is 2.22. The van der Waals surface area contributed by atoms with Crippen LogP contribution in [-0.2, 0) is 13.1 Å². The first kappa shape index (κ1) is 16.2. The highest BCUT2D eigenvalue weighted by molar-refractivity contribution is 7.07. The molecule has 2 aromatic rings. The predicted molar refractivity (Wildman–Crippen MR) is 92.2 cm³/mol. The summed E-state index contributed by atoms with van der Waals surface area (Å²) in [5.74, 6) is 1.69. The first-order valence-electron chi connectivity index (χ1n) is 7.81. The van der Waals surface area contributed by atoms with Gasteiger partial charge in [-0.25, -0.2) is 4.98 Å². The van der Waals surface area contributed by atoms with Gasteiger partial charge in [0.15, 0.2) is 0 Å². The lowest BCUT2D eigenvalue weighted by Crippen LogP contribution is -2.32. The summed E-state index contributed by atoms with van der Waals surface area (Å²) < 4.78 is 10.7. The zero-order chi connectivity index (χ0) is 16.1. The Morgan fingerprint density at radius 2 is 2.04 bits per heavy atom. The number of hydrogen-bond donors (Lipinski definition) is 1. The molecule has 23 heavy (non-hydrogen) atoms. The third-order valence-corrected chi connectivity index (χ3v) is 4.78. The van der Waals surface area contributed by atoms with Crippen molar-refractivity contribution in [3.8, 4) is 11.5 Å². The molecule has 124 valence electrons. The van der Waals surface area contributed by atoms with E-state index in [4.69, 9.17) is 9.47 Å². The van der Waals surface area contributed by atoms with E-state index in [-0.39, 0.29) is 0 Å². The second-order valence-electron chi connectivity index (χ2n) is 5.80. The van der Waals surface area contributed by atoms with Crippen molar-refractivity contribution in [3.05, 3.63) is 40.3 Å². The number of ether oxygens (including phenoxy) is 2. The minimum atomic E-state index is 0.532. The van der Waals surface area contributed by atoms with Crippen molar-refractivity contribution in [1.29, 1.82) is 0 Å². The van der Waals surface area contributed by atoms with Crippen LogP contribution in [0.1, 0.15) is 17.7 Å². The van der Waals surface area contributed by atoms with Crippen LogP contribution >= 0.6 is 11.3 Å². The number of aromatic nitrogens is 1. The standard InChI is InChI=1S/C17H23N3O2S/c1-21-16-5-13(6-17(7-16)22-2)9-20-4-3-14(10-20)18-8-15-11-23-12-19-15/h5-7,11-12,14,18H,3-4,8-10H2,1-2H3/t14-/m1/s1. The molecule has 1 atom stereocenters. The largest absolute Gasteiger partial charge is 0.497 e. The van der Waals surface area contributed by atoms with Crippen LogP contribution in [0.4, 0.5) is 0 Å². The Kier molecular flexibility index (Phi) is 5.48. The molecule has 1 aliphatic heterocycles. The van der Waals surface area contributed by atoms with Gasteiger partial charge in [-0.3, -0.25) is 4.90 Å². The number of nitrogens with zero attached hydrogens (tertiary/aromatic N) is 2. The lowest BCUT2D eigenvalue weighted by molar-refractivity contribution is 0.317. The normalized spacial score (nSPS) is 18.3. The average molecular weight is 333 g/mol. The van der Waals surface area contributed by atoms with Crippen LogP contribution in [0.15, 0.2) is 29.1 Å². The lowest BCUT2D eigenvalue weighted by Gasteiger charge is -2.17. The van der Waals surface area contributed by atoms with E-state index in [0.29, 0.717) is 6.04 Å². The number of nitrogens with one attached hydrogen (secondary N) is 1. The first-order chi connectivity index (χ1) is 11.3. The molecule has 0 saturated carbocycles. The van der Waals surface area contributed by atoms with Crippen LogP contribution in [0.2, 0.25) is 0 Å². The van der Waals surface area contributed by atoms with Crippen molar-refractivity contribution in [3.63, 3.8) is 0 Å². The Hall–Kier alpha value is -1.63. The summed E-state index contributed by atoms with van der Waals surface area (Å²) in [5.41, 5.74) is 4.24. The van der Waals surface area contributed by atoms with Crippen LogP contribution in [0, 0.1) is 0 Å². The topological polar surface area (TPSA) is 46.6 Å². The van der Waals surface area contributed by atoms with E-state index in [9.17, 15) is 0 Å². The molecule has 2 heterocycles. The van der Waals surface area contributed by atoms with E-state index >= 15 is 0 Å². The molecule has 0 amide bonds. The molecule has 0 bridgehead atoms. The Labute approximate surface area is 141 Å². The Bertz CT molecular complexity index is 596. The molecule has 1 aromatic carbocycles. The molecule has 1 N–H and O–H groups in total. The van der Waals surface area contributed by atoms with Gasteiger partial charge in [-0.05, 0) is 24.1 Å². The molecule has 6 heteroatoms. The Morgan fingerprint density at radius 3 is 2.70 bits per heavy atom. The van der Waals surface area contributed by atoms with Crippen LogP contribution < -0.4 is 14.8 Å². The van der Waals surface area contributed by atoms with E-state index in [1.54, 1.807) is 25.6 Å². The van der Waals surface area contributed by atoms with Crippen molar-refractivity contribution in [2.45, 2.75) is 25.6 Å². The van der Waals surface area contributed by atoms with Crippen molar-refractivity contribution in [2.24, 2.45) is 0 Å². The number of rotatable bonds is 7. The van der Waals surface area contributed by atoms with Crippen LogP contribution in [0.5, 0.6) is 11.5 Å². The van der Waals surface area contributed by atoms with Gasteiger partial charge >= 0.3 is 0 Å². The number of hydrogen-bond acceptors (Lipinski definition) is 6. The second-order valence-corrected chi connectivity index (χ2v) is 6.52. The summed E-state index contributed by atoms with van der Waals surface area (Å²) in [7, 11) is 3.37. The number of benzene rings is 1. The van der Waals surface area contributed by atoms with E-state index in [2.05, 4.69) is 32.7 Å². The van der Waals surface area contributed by atoms with Crippen molar-refractivity contribution in [1.82, 2.24) is 15.2 Å². The SMILES string of the molecule is COc1cc(CN2CC[C@@H](NCc3cscn3)C2)cc(OC)c1. The summed E-state index contributed by atoms with van der Waals surface area (Å²) in [4.78, 5) is 6.78. The zero-order valence-corrected chi connectivity index (χ0v) is 14.4. The maximum atomic E-state index is 5.35. The first-order valence-corrected chi connectivity index (χ1v) is 8.76. The quantitative estimate of drug-likeness (QED) is 0.844. The van der Waals surface area contributed by atoms with Crippen LogP contribution in [-0.4, -0.2) is 43.2 Å². The minimum Gasteiger partial charge on any atom is -0.497 e. The number of thiazole rings is 1. The van der Waals surface area contributed by atoms with Gasteiger partial charge in [0.05, 0.1) is 25.4 Å².